The number of hydrogen-bond donors (Lipinski definition) is 1. The molecule has 104 valence electrons. The second kappa shape index (κ2) is 8.13. The molecule has 0 aromatic heterocycles. The van der Waals surface area contributed by atoms with E-state index >= 15 is 0 Å². The average molecular weight is 264 g/mol. The van der Waals surface area contributed by atoms with E-state index in [1.807, 2.05) is 6.92 Å². The lowest BCUT2D eigenvalue weighted by Crippen LogP contribution is -2.35. The fraction of sp³-hybridized carbons (Fsp3) is 0.429. The molecular formula is C14H20N2O3. The van der Waals surface area contributed by atoms with Crippen LogP contribution in [0.5, 0.6) is 11.5 Å². The summed E-state index contributed by atoms with van der Waals surface area (Å²) in [7, 11) is 1.60. The molecule has 1 unspecified atom stereocenters. The molecule has 0 saturated heterocycles. The van der Waals surface area contributed by atoms with Crippen LogP contribution >= 0.6 is 0 Å². The molecule has 0 aliphatic heterocycles. The average Bonchev–Trinajstić information content (AvgIpc) is 2.45. The van der Waals surface area contributed by atoms with Gasteiger partial charge in [0.25, 0.3) is 5.91 Å². The Balaban J connectivity index is 2.68. The Kier molecular flexibility index (Phi) is 6.43. The van der Waals surface area contributed by atoms with Crippen LogP contribution in [0, 0.1) is 0 Å². The van der Waals surface area contributed by atoms with Gasteiger partial charge in [-0.3, -0.25) is 4.79 Å². The molecule has 0 bridgehead atoms. The lowest BCUT2D eigenvalue weighted by atomic mass is 10.2. The van der Waals surface area contributed by atoms with Gasteiger partial charge in [-0.1, -0.05) is 13.3 Å². The minimum Gasteiger partial charge on any atom is -0.497 e. The Labute approximate surface area is 113 Å². The van der Waals surface area contributed by atoms with Gasteiger partial charge in [-0.15, -0.1) is 0 Å². The van der Waals surface area contributed by atoms with E-state index in [2.05, 4.69) is 10.5 Å². The molecular weight excluding hydrogens is 244 g/mol. The second-order valence-electron chi connectivity index (χ2n) is 3.93. The Bertz CT molecular complexity index is 415. The van der Waals surface area contributed by atoms with E-state index < -0.39 is 6.10 Å². The van der Waals surface area contributed by atoms with Crippen molar-refractivity contribution in [3.8, 4) is 11.5 Å². The third kappa shape index (κ3) is 4.99. The van der Waals surface area contributed by atoms with Gasteiger partial charge in [0, 0.05) is 6.21 Å². The van der Waals surface area contributed by atoms with Crippen LogP contribution in [0.15, 0.2) is 29.4 Å². The number of nitrogens with zero attached hydrogens (tertiary/aromatic N) is 1. The van der Waals surface area contributed by atoms with Crippen LogP contribution < -0.4 is 14.9 Å². The van der Waals surface area contributed by atoms with Gasteiger partial charge in [-0.05, 0) is 37.6 Å². The molecule has 0 aliphatic carbocycles. The van der Waals surface area contributed by atoms with E-state index in [-0.39, 0.29) is 5.91 Å². The van der Waals surface area contributed by atoms with Crippen molar-refractivity contribution >= 4 is 12.1 Å². The van der Waals surface area contributed by atoms with Crippen molar-refractivity contribution in [3.05, 3.63) is 24.3 Å². The van der Waals surface area contributed by atoms with E-state index in [9.17, 15) is 4.79 Å². The van der Waals surface area contributed by atoms with Crippen LogP contribution in [-0.4, -0.2) is 25.3 Å². The van der Waals surface area contributed by atoms with Crippen molar-refractivity contribution in [3.63, 3.8) is 0 Å². The summed E-state index contributed by atoms with van der Waals surface area (Å²) in [6, 6.07) is 7.14. The summed E-state index contributed by atoms with van der Waals surface area (Å²) in [6.07, 6.45) is 2.47. The molecule has 1 amide bonds. The van der Waals surface area contributed by atoms with E-state index in [0.717, 1.165) is 12.2 Å². The number of hydrogen-bond acceptors (Lipinski definition) is 4. The van der Waals surface area contributed by atoms with E-state index in [4.69, 9.17) is 9.47 Å². The standard InChI is InChI=1S/C14H20N2O3/c1-4-6-13(14(17)16-15-5-2)19-12-9-7-11(18-3)8-10-12/h5,7-10,13H,4,6H2,1-3H3,(H,16,17). The lowest BCUT2D eigenvalue weighted by Gasteiger charge is -2.16. The molecule has 0 heterocycles. The Morgan fingerprint density at radius 1 is 1.37 bits per heavy atom. The van der Waals surface area contributed by atoms with Crippen LogP contribution in [0.4, 0.5) is 0 Å². The van der Waals surface area contributed by atoms with Gasteiger partial charge >= 0.3 is 0 Å². The van der Waals surface area contributed by atoms with Crippen LogP contribution in [-0.2, 0) is 4.79 Å². The summed E-state index contributed by atoms with van der Waals surface area (Å²) in [6.45, 7) is 3.74. The van der Waals surface area contributed by atoms with Gasteiger partial charge in [0.15, 0.2) is 6.10 Å². The number of carbonyl (C=O) groups excluding carboxylic acids is 1. The molecule has 0 aliphatic rings. The first-order valence-corrected chi connectivity index (χ1v) is 6.29. The topological polar surface area (TPSA) is 59.9 Å². The number of amides is 1. The summed E-state index contributed by atoms with van der Waals surface area (Å²) >= 11 is 0. The minimum atomic E-state index is -0.540. The number of methoxy groups -OCH3 is 1. The first-order valence-electron chi connectivity index (χ1n) is 6.29. The number of benzene rings is 1. The fourth-order valence-corrected chi connectivity index (χ4v) is 1.52. The summed E-state index contributed by atoms with van der Waals surface area (Å²) in [5.74, 6) is 1.14. The molecule has 5 nitrogen and oxygen atoms in total. The van der Waals surface area contributed by atoms with Crippen molar-refractivity contribution < 1.29 is 14.3 Å². The van der Waals surface area contributed by atoms with Gasteiger partial charge < -0.3 is 9.47 Å². The molecule has 0 saturated carbocycles. The van der Waals surface area contributed by atoms with Crippen LogP contribution in [0.1, 0.15) is 26.7 Å². The quantitative estimate of drug-likeness (QED) is 0.607. The normalized spacial score (nSPS) is 12.2. The minimum absolute atomic E-state index is 0.240. The number of nitrogens with one attached hydrogen (secondary N) is 1. The molecule has 1 rings (SSSR count). The van der Waals surface area contributed by atoms with Gasteiger partial charge in [-0.25, -0.2) is 5.43 Å². The molecule has 1 aromatic carbocycles. The third-order valence-electron chi connectivity index (χ3n) is 2.48. The predicted octanol–water partition coefficient (Wildman–Crippen LogP) is 2.36. The molecule has 0 spiro atoms. The highest BCUT2D eigenvalue weighted by molar-refractivity contribution is 5.81. The zero-order valence-corrected chi connectivity index (χ0v) is 11.6. The van der Waals surface area contributed by atoms with Crippen LogP contribution in [0.2, 0.25) is 0 Å². The maximum atomic E-state index is 11.8. The van der Waals surface area contributed by atoms with E-state index in [1.165, 1.54) is 6.21 Å². The van der Waals surface area contributed by atoms with Crippen molar-refractivity contribution in [2.75, 3.05) is 7.11 Å². The van der Waals surface area contributed by atoms with Crippen LogP contribution in [0.3, 0.4) is 0 Å². The van der Waals surface area contributed by atoms with Gasteiger partial charge in [0.1, 0.15) is 11.5 Å². The van der Waals surface area contributed by atoms with Gasteiger partial charge in [0.05, 0.1) is 7.11 Å². The van der Waals surface area contributed by atoms with Gasteiger partial charge in [0.2, 0.25) is 0 Å². The molecule has 1 atom stereocenters. The highest BCUT2D eigenvalue weighted by Gasteiger charge is 2.19. The highest BCUT2D eigenvalue weighted by Crippen LogP contribution is 2.19. The van der Waals surface area contributed by atoms with E-state index in [0.29, 0.717) is 12.2 Å². The molecule has 0 fully saturated rings. The molecule has 1 N–H and O–H groups in total. The van der Waals surface area contributed by atoms with Crippen LogP contribution in [0.25, 0.3) is 0 Å². The number of carbonyl (C=O) groups is 1. The Morgan fingerprint density at radius 2 is 2.00 bits per heavy atom. The zero-order valence-electron chi connectivity index (χ0n) is 11.6. The summed E-state index contributed by atoms with van der Waals surface area (Å²) in [4.78, 5) is 11.8. The smallest absolute Gasteiger partial charge is 0.281 e. The van der Waals surface area contributed by atoms with E-state index in [1.54, 1.807) is 38.3 Å². The Morgan fingerprint density at radius 3 is 2.53 bits per heavy atom. The van der Waals surface area contributed by atoms with Crippen molar-refractivity contribution in [1.82, 2.24) is 5.43 Å². The summed E-state index contributed by atoms with van der Waals surface area (Å²) in [5.41, 5.74) is 2.44. The maximum absolute atomic E-state index is 11.8. The predicted molar refractivity (Wildman–Crippen MR) is 74.6 cm³/mol. The molecule has 19 heavy (non-hydrogen) atoms. The van der Waals surface area contributed by atoms with Crippen molar-refractivity contribution in [2.24, 2.45) is 5.10 Å². The summed E-state index contributed by atoms with van der Waals surface area (Å²) < 4.78 is 10.7. The number of ether oxygens (including phenoxy) is 2. The monoisotopic (exact) mass is 264 g/mol. The first-order chi connectivity index (χ1) is 9.21. The number of rotatable bonds is 7. The molecule has 5 heteroatoms. The van der Waals surface area contributed by atoms with Crippen molar-refractivity contribution in [2.45, 2.75) is 32.8 Å². The molecule has 1 aromatic rings. The Hall–Kier alpha value is -2.04. The fourth-order valence-electron chi connectivity index (χ4n) is 1.52. The van der Waals surface area contributed by atoms with Crippen molar-refractivity contribution in [1.29, 1.82) is 0 Å². The summed E-state index contributed by atoms with van der Waals surface area (Å²) in [5, 5.41) is 3.72. The second-order valence-corrected chi connectivity index (χ2v) is 3.93. The maximum Gasteiger partial charge on any atom is 0.281 e. The zero-order chi connectivity index (χ0) is 14.1. The lowest BCUT2D eigenvalue weighted by molar-refractivity contribution is -0.128. The first kappa shape index (κ1) is 15.0. The highest BCUT2D eigenvalue weighted by atomic mass is 16.5. The largest absolute Gasteiger partial charge is 0.497 e. The SMILES string of the molecule is CC=NNC(=O)C(CCC)Oc1ccc(OC)cc1. The van der Waals surface area contributed by atoms with Gasteiger partial charge in [-0.2, -0.15) is 5.10 Å². The number of hydrazone groups is 1. The molecule has 0 radical (unpaired) electrons. The third-order valence-corrected chi connectivity index (χ3v) is 2.48.